The van der Waals surface area contributed by atoms with Crippen LogP contribution in [0.1, 0.15) is 55.3 Å². The van der Waals surface area contributed by atoms with E-state index in [-0.39, 0.29) is 5.78 Å². The average molecular weight is 310 g/mol. The van der Waals surface area contributed by atoms with Gasteiger partial charge < -0.3 is 5.73 Å². The Morgan fingerprint density at radius 2 is 1.89 bits per heavy atom. The highest BCUT2D eigenvalue weighted by Crippen LogP contribution is 2.28. The third kappa shape index (κ3) is 3.58. The van der Waals surface area contributed by atoms with Crippen LogP contribution in [-0.4, -0.2) is 5.78 Å². The summed E-state index contributed by atoms with van der Waals surface area (Å²) in [7, 11) is 0. The molecule has 2 rings (SSSR count). The number of benzene rings is 1. The van der Waals surface area contributed by atoms with Crippen LogP contribution in [0.3, 0.4) is 0 Å². The molecule has 98 valence electrons. The molecule has 1 fully saturated rings. The monoisotopic (exact) mass is 309 g/mol. The molecule has 1 aromatic carbocycles. The smallest absolute Gasteiger partial charge is 0.163 e. The van der Waals surface area contributed by atoms with Gasteiger partial charge in [0.25, 0.3) is 0 Å². The number of halogens is 1. The topological polar surface area (TPSA) is 43.1 Å². The van der Waals surface area contributed by atoms with Crippen molar-refractivity contribution >= 4 is 27.4 Å². The van der Waals surface area contributed by atoms with Gasteiger partial charge >= 0.3 is 0 Å². The van der Waals surface area contributed by atoms with Gasteiger partial charge in [0.2, 0.25) is 0 Å². The largest absolute Gasteiger partial charge is 0.398 e. The van der Waals surface area contributed by atoms with E-state index in [9.17, 15) is 4.79 Å². The van der Waals surface area contributed by atoms with E-state index in [1.54, 1.807) is 6.07 Å². The first-order valence-corrected chi connectivity index (χ1v) is 7.54. The molecule has 1 aliphatic carbocycles. The highest BCUT2D eigenvalue weighted by molar-refractivity contribution is 9.10. The molecule has 0 saturated heterocycles. The number of hydrogen-bond acceptors (Lipinski definition) is 2. The predicted molar refractivity (Wildman–Crippen MR) is 78.7 cm³/mol. The molecule has 3 heteroatoms. The van der Waals surface area contributed by atoms with Gasteiger partial charge in [-0.3, -0.25) is 4.79 Å². The molecule has 0 bridgehead atoms. The van der Waals surface area contributed by atoms with Gasteiger partial charge in [-0.25, -0.2) is 0 Å². The highest BCUT2D eigenvalue weighted by atomic mass is 79.9. The van der Waals surface area contributed by atoms with Crippen LogP contribution in [0.5, 0.6) is 0 Å². The number of anilines is 1. The molecule has 0 aromatic heterocycles. The van der Waals surface area contributed by atoms with Crippen LogP contribution < -0.4 is 5.73 Å². The van der Waals surface area contributed by atoms with Crippen molar-refractivity contribution in [1.29, 1.82) is 0 Å². The van der Waals surface area contributed by atoms with Crippen molar-refractivity contribution in [3.05, 3.63) is 28.2 Å². The zero-order valence-corrected chi connectivity index (χ0v) is 12.2. The van der Waals surface area contributed by atoms with Crippen LogP contribution >= 0.6 is 15.9 Å². The molecule has 1 saturated carbocycles. The van der Waals surface area contributed by atoms with E-state index >= 15 is 0 Å². The molecule has 0 radical (unpaired) electrons. The number of nitrogen functional groups attached to an aromatic ring is 1. The minimum absolute atomic E-state index is 0.252. The van der Waals surface area contributed by atoms with Crippen LogP contribution in [0.2, 0.25) is 0 Å². The van der Waals surface area contributed by atoms with Crippen LogP contribution in [0.25, 0.3) is 0 Å². The van der Waals surface area contributed by atoms with Crippen molar-refractivity contribution < 1.29 is 4.79 Å². The summed E-state index contributed by atoms with van der Waals surface area (Å²) in [6.45, 7) is 0. The first-order chi connectivity index (χ1) is 8.66. The maximum Gasteiger partial charge on any atom is 0.163 e. The normalized spacial score (nSPS) is 17.4. The van der Waals surface area contributed by atoms with Crippen molar-refractivity contribution in [3.63, 3.8) is 0 Å². The van der Waals surface area contributed by atoms with Crippen molar-refractivity contribution in [1.82, 2.24) is 0 Å². The number of hydrogen-bond donors (Lipinski definition) is 1. The lowest BCUT2D eigenvalue weighted by Gasteiger charge is -2.13. The summed E-state index contributed by atoms with van der Waals surface area (Å²) in [5.41, 5.74) is 7.20. The van der Waals surface area contributed by atoms with E-state index in [0.29, 0.717) is 18.0 Å². The molecule has 0 spiro atoms. The second-order valence-electron chi connectivity index (χ2n) is 5.22. The Kier molecular flexibility index (Phi) is 4.81. The third-order valence-electron chi connectivity index (χ3n) is 3.77. The maximum absolute atomic E-state index is 12.2. The van der Waals surface area contributed by atoms with E-state index in [1.807, 2.05) is 12.1 Å². The Labute approximate surface area is 117 Å². The summed E-state index contributed by atoms with van der Waals surface area (Å²) < 4.78 is 0.814. The van der Waals surface area contributed by atoms with Gasteiger partial charge in [-0.2, -0.15) is 0 Å². The number of Topliss-reactive ketones (excluding diaryl/α,β-unsaturated/α-hetero) is 1. The lowest BCUT2D eigenvalue weighted by Crippen LogP contribution is -2.08. The zero-order valence-electron chi connectivity index (χ0n) is 10.6. The standard InChI is InChI=1S/C15H20BrNO/c16-13-10-12(7-8-14(13)17)15(18)9-11-5-3-1-2-4-6-11/h7-8,10-11H,1-6,9,17H2. The molecular weight excluding hydrogens is 290 g/mol. The van der Waals surface area contributed by atoms with Crippen molar-refractivity contribution in [3.8, 4) is 0 Å². The second-order valence-corrected chi connectivity index (χ2v) is 6.08. The van der Waals surface area contributed by atoms with Crippen molar-refractivity contribution in [2.24, 2.45) is 5.92 Å². The minimum atomic E-state index is 0.252. The molecule has 1 aliphatic rings. The van der Waals surface area contributed by atoms with Gasteiger partial charge in [-0.1, -0.05) is 38.5 Å². The molecule has 2 nitrogen and oxygen atoms in total. The highest BCUT2D eigenvalue weighted by Gasteiger charge is 2.17. The van der Waals surface area contributed by atoms with E-state index in [0.717, 1.165) is 10.0 Å². The molecule has 1 aromatic rings. The summed E-state index contributed by atoms with van der Waals surface area (Å²) in [6.07, 6.45) is 8.34. The molecule has 2 N–H and O–H groups in total. The Bertz CT molecular complexity index is 423. The van der Waals surface area contributed by atoms with Gasteiger partial charge in [0, 0.05) is 22.1 Å². The number of carbonyl (C=O) groups is 1. The summed E-state index contributed by atoms with van der Waals surface area (Å²) in [5, 5.41) is 0. The van der Waals surface area contributed by atoms with Gasteiger partial charge in [-0.15, -0.1) is 0 Å². The number of nitrogens with two attached hydrogens (primary N) is 1. The summed E-state index contributed by atoms with van der Waals surface area (Å²) in [6, 6.07) is 5.47. The second kappa shape index (κ2) is 6.37. The molecular formula is C15H20BrNO. The Morgan fingerprint density at radius 1 is 1.22 bits per heavy atom. The van der Waals surface area contributed by atoms with Crippen LogP contribution in [0.4, 0.5) is 5.69 Å². The Hall–Kier alpha value is -0.830. The van der Waals surface area contributed by atoms with Gasteiger partial charge in [0.1, 0.15) is 0 Å². The van der Waals surface area contributed by atoms with Crippen LogP contribution in [0, 0.1) is 5.92 Å². The van der Waals surface area contributed by atoms with Gasteiger partial charge in [0.15, 0.2) is 5.78 Å². The fourth-order valence-electron chi connectivity index (χ4n) is 2.65. The number of carbonyl (C=O) groups excluding carboxylic acids is 1. The Balaban J connectivity index is 1.99. The summed E-state index contributed by atoms with van der Waals surface area (Å²) in [5.74, 6) is 0.832. The molecule has 0 atom stereocenters. The lowest BCUT2D eigenvalue weighted by molar-refractivity contribution is 0.0957. The summed E-state index contributed by atoms with van der Waals surface area (Å²) >= 11 is 3.37. The molecule has 0 amide bonds. The first-order valence-electron chi connectivity index (χ1n) is 6.75. The quantitative estimate of drug-likeness (QED) is 0.505. The Morgan fingerprint density at radius 3 is 2.50 bits per heavy atom. The predicted octanol–water partition coefficient (Wildman–Crippen LogP) is 4.57. The van der Waals surface area contributed by atoms with Gasteiger partial charge in [0.05, 0.1) is 0 Å². The lowest BCUT2D eigenvalue weighted by atomic mass is 9.92. The van der Waals surface area contributed by atoms with Crippen LogP contribution in [0.15, 0.2) is 22.7 Å². The molecule has 0 heterocycles. The van der Waals surface area contributed by atoms with Crippen molar-refractivity contribution in [2.45, 2.75) is 44.9 Å². The zero-order chi connectivity index (χ0) is 13.0. The molecule has 18 heavy (non-hydrogen) atoms. The third-order valence-corrected chi connectivity index (χ3v) is 4.46. The van der Waals surface area contributed by atoms with E-state index in [2.05, 4.69) is 15.9 Å². The molecule has 0 unspecified atom stereocenters. The fraction of sp³-hybridized carbons (Fsp3) is 0.533. The molecule has 0 aliphatic heterocycles. The van der Waals surface area contributed by atoms with E-state index in [1.165, 1.54) is 38.5 Å². The number of rotatable bonds is 3. The van der Waals surface area contributed by atoms with E-state index in [4.69, 9.17) is 5.73 Å². The maximum atomic E-state index is 12.2. The van der Waals surface area contributed by atoms with Crippen LogP contribution in [-0.2, 0) is 0 Å². The van der Waals surface area contributed by atoms with Gasteiger partial charge in [-0.05, 0) is 40.0 Å². The summed E-state index contributed by atoms with van der Waals surface area (Å²) in [4.78, 5) is 12.2. The SMILES string of the molecule is Nc1ccc(C(=O)CC2CCCCCC2)cc1Br. The average Bonchev–Trinajstić information content (AvgIpc) is 2.61. The van der Waals surface area contributed by atoms with E-state index < -0.39 is 0 Å². The minimum Gasteiger partial charge on any atom is -0.398 e. The fourth-order valence-corrected chi connectivity index (χ4v) is 3.03. The van der Waals surface area contributed by atoms with Crippen molar-refractivity contribution in [2.75, 3.05) is 5.73 Å². The number of ketones is 1. The first kappa shape index (κ1) is 13.6.